The molecule has 0 fully saturated rings. The number of nitrogens with zero attached hydrogens (tertiary/aromatic N) is 2. The van der Waals surface area contributed by atoms with Gasteiger partial charge in [-0.3, -0.25) is 0 Å². The van der Waals surface area contributed by atoms with Crippen LogP contribution in [0, 0.1) is 0 Å². The molecule has 0 saturated heterocycles. The van der Waals surface area contributed by atoms with Gasteiger partial charge in [0.2, 0.25) is 0 Å². The zero-order valence-corrected chi connectivity index (χ0v) is 4.55. The SMILES string of the molecule is C/C=C/n1[nH]n1C. The van der Waals surface area contributed by atoms with E-state index in [0.717, 1.165) is 0 Å². The van der Waals surface area contributed by atoms with Crippen molar-refractivity contribution in [2.75, 3.05) is 0 Å². The summed E-state index contributed by atoms with van der Waals surface area (Å²) in [4.78, 5) is 3.75. The molecule has 0 bridgehead atoms. The second-order valence-corrected chi connectivity index (χ2v) is 1.45. The summed E-state index contributed by atoms with van der Waals surface area (Å²) in [6, 6.07) is 0. The molecule has 40 valence electrons. The van der Waals surface area contributed by atoms with E-state index in [2.05, 4.69) is 5.21 Å². The molecule has 0 aliphatic heterocycles. The van der Waals surface area contributed by atoms with E-state index >= 15 is 0 Å². The van der Waals surface area contributed by atoms with Gasteiger partial charge >= 0.3 is 0 Å². The quantitative estimate of drug-likeness (QED) is 0.535. The Balaban J connectivity index is 2.51. The van der Waals surface area contributed by atoms with Crippen molar-refractivity contribution < 1.29 is 0 Å². The van der Waals surface area contributed by atoms with Crippen molar-refractivity contribution in [3.63, 3.8) is 0 Å². The molecule has 0 atom stereocenters. The Hall–Kier alpha value is -0.860. The number of hydrogen-bond acceptors (Lipinski definition) is 0. The summed E-state index contributed by atoms with van der Waals surface area (Å²) in [5, 5.41) is 2.91. The molecular weight excluding hydrogens is 90.1 g/mol. The van der Waals surface area contributed by atoms with E-state index in [4.69, 9.17) is 0 Å². The van der Waals surface area contributed by atoms with Crippen LogP contribution in [-0.2, 0) is 7.05 Å². The van der Waals surface area contributed by atoms with E-state index in [1.807, 2.05) is 35.8 Å². The van der Waals surface area contributed by atoms with Crippen LogP contribution in [0.2, 0.25) is 0 Å². The standard InChI is InChI=1S/C4H9N3/c1-3-4-7-5-6(7)2/h3-5H,1-2H3/b4-3+. The van der Waals surface area contributed by atoms with Crippen LogP contribution in [0.1, 0.15) is 6.92 Å². The smallest absolute Gasteiger partial charge is 0.0489 e. The maximum absolute atomic E-state index is 2.91. The number of aryl methyl sites for hydroxylation is 1. The number of allylic oxidation sites excluding steroid dienone is 1. The summed E-state index contributed by atoms with van der Waals surface area (Å²) in [7, 11) is 1.94. The molecular formula is C4H9N3. The molecule has 1 N–H and O–H groups in total. The molecule has 0 aliphatic carbocycles. The van der Waals surface area contributed by atoms with E-state index in [1.165, 1.54) is 0 Å². The first kappa shape index (κ1) is 4.30. The second kappa shape index (κ2) is 1.33. The topological polar surface area (TPSA) is 25.6 Å². The molecule has 0 aliphatic rings. The van der Waals surface area contributed by atoms with Crippen LogP contribution in [0.25, 0.3) is 6.20 Å². The van der Waals surface area contributed by atoms with Crippen LogP contribution in [0.15, 0.2) is 6.08 Å². The number of aromatic nitrogens is 3. The lowest BCUT2D eigenvalue weighted by Gasteiger charge is -1.70. The first-order valence-electron chi connectivity index (χ1n) is 2.26. The number of nitrogens with one attached hydrogen (secondary N) is 1. The van der Waals surface area contributed by atoms with Crippen LogP contribution < -0.4 is 0 Å². The highest BCUT2D eigenvalue weighted by molar-refractivity contribution is 5.15. The third kappa shape index (κ3) is 0.765. The van der Waals surface area contributed by atoms with Crippen molar-refractivity contribution in [1.29, 1.82) is 0 Å². The van der Waals surface area contributed by atoms with Gasteiger partial charge < -0.3 is 0 Å². The van der Waals surface area contributed by atoms with E-state index in [-0.39, 0.29) is 0 Å². The molecule has 0 amide bonds. The fraction of sp³-hybridized carbons (Fsp3) is 0.500. The van der Waals surface area contributed by atoms with Crippen LogP contribution in [0.5, 0.6) is 0 Å². The summed E-state index contributed by atoms with van der Waals surface area (Å²) in [5.74, 6) is 0. The van der Waals surface area contributed by atoms with E-state index in [0.29, 0.717) is 0 Å². The normalized spacial score (nSPS) is 11.7. The lowest BCUT2D eigenvalue weighted by atomic mass is 10.7. The van der Waals surface area contributed by atoms with Crippen LogP contribution in [-0.4, -0.2) is 14.8 Å². The zero-order chi connectivity index (χ0) is 5.28. The van der Waals surface area contributed by atoms with Crippen molar-refractivity contribution in [1.82, 2.24) is 14.8 Å². The van der Waals surface area contributed by atoms with Crippen molar-refractivity contribution in [2.24, 2.45) is 7.05 Å². The Morgan fingerprint density at radius 1 is 1.57 bits per heavy atom. The van der Waals surface area contributed by atoms with Gasteiger partial charge in [-0.05, 0) is 6.92 Å². The molecule has 0 unspecified atom stereocenters. The molecule has 3 nitrogen and oxygen atoms in total. The Bertz CT molecular complexity index is 153. The number of aromatic amines is 1. The first-order valence-corrected chi connectivity index (χ1v) is 2.26. The predicted molar refractivity (Wildman–Crippen MR) is 28.8 cm³/mol. The van der Waals surface area contributed by atoms with Gasteiger partial charge in [-0.1, -0.05) is 6.08 Å². The monoisotopic (exact) mass is 99.1 g/mol. The predicted octanol–water partition coefficient (Wildman–Crippen LogP) is 0.645. The lowest BCUT2D eigenvalue weighted by molar-refractivity contribution is 0.865. The van der Waals surface area contributed by atoms with Crippen LogP contribution >= 0.6 is 0 Å². The highest BCUT2D eigenvalue weighted by Gasteiger charge is 1.89. The third-order valence-electron chi connectivity index (χ3n) is 0.821. The molecule has 0 aromatic carbocycles. The van der Waals surface area contributed by atoms with Crippen molar-refractivity contribution >= 4 is 6.20 Å². The summed E-state index contributed by atoms with van der Waals surface area (Å²) < 4.78 is 0. The van der Waals surface area contributed by atoms with Crippen molar-refractivity contribution in [2.45, 2.75) is 6.92 Å². The van der Waals surface area contributed by atoms with Gasteiger partial charge in [-0.15, -0.1) is 0 Å². The average Bonchev–Trinajstić information content (AvgIpc) is 2.22. The summed E-state index contributed by atoms with van der Waals surface area (Å²) in [6.07, 6.45) is 3.91. The molecule has 1 aromatic heterocycles. The highest BCUT2D eigenvalue weighted by Crippen LogP contribution is 1.84. The molecule has 7 heavy (non-hydrogen) atoms. The molecule has 1 heterocycles. The molecule has 1 rings (SSSR count). The maximum atomic E-state index is 2.91. The minimum Gasteiger partial charge on any atom is -0.203 e. The largest absolute Gasteiger partial charge is 0.203 e. The summed E-state index contributed by atoms with van der Waals surface area (Å²) in [5.41, 5.74) is 0. The molecule has 0 saturated carbocycles. The van der Waals surface area contributed by atoms with E-state index in [1.54, 1.807) is 0 Å². The minimum atomic E-state index is 1.88. The number of rotatable bonds is 1. The van der Waals surface area contributed by atoms with Gasteiger partial charge in [0.05, 0.1) is 0 Å². The molecule has 3 heteroatoms. The number of H-pyrrole nitrogens is 1. The van der Waals surface area contributed by atoms with Crippen LogP contribution in [0.3, 0.4) is 0 Å². The molecule has 1 aromatic rings. The second-order valence-electron chi connectivity index (χ2n) is 1.45. The van der Waals surface area contributed by atoms with Crippen LogP contribution in [0.4, 0.5) is 0 Å². The van der Waals surface area contributed by atoms with Gasteiger partial charge in [-0.25, -0.2) is 5.21 Å². The fourth-order valence-electron chi connectivity index (χ4n) is 0.403. The van der Waals surface area contributed by atoms with Crippen molar-refractivity contribution in [3.8, 4) is 0 Å². The summed E-state index contributed by atoms with van der Waals surface area (Å²) in [6.45, 7) is 1.98. The van der Waals surface area contributed by atoms with Gasteiger partial charge in [0, 0.05) is 13.2 Å². The molecule has 0 radical (unpaired) electrons. The zero-order valence-electron chi connectivity index (χ0n) is 4.55. The molecule has 0 spiro atoms. The van der Waals surface area contributed by atoms with E-state index < -0.39 is 0 Å². The van der Waals surface area contributed by atoms with Gasteiger partial charge in [0.1, 0.15) is 0 Å². The summed E-state index contributed by atoms with van der Waals surface area (Å²) >= 11 is 0. The van der Waals surface area contributed by atoms with Gasteiger partial charge in [0.25, 0.3) is 0 Å². The maximum Gasteiger partial charge on any atom is 0.0489 e. The number of hydrogen-bond donors (Lipinski definition) is 1. The Labute approximate surface area is 42.2 Å². The Morgan fingerprint density at radius 2 is 2.14 bits per heavy atom. The Kier molecular flexibility index (Phi) is 0.817. The van der Waals surface area contributed by atoms with Gasteiger partial charge in [-0.2, -0.15) is 9.59 Å². The minimum absolute atomic E-state index is 1.88. The van der Waals surface area contributed by atoms with Gasteiger partial charge in [0.15, 0.2) is 0 Å². The van der Waals surface area contributed by atoms with Crippen molar-refractivity contribution in [3.05, 3.63) is 6.08 Å². The Morgan fingerprint density at radius 3 is 2.29 bits per heavy atom. The third-order valence-corrected chi connectivity index (χ3v) is 0.821. The fourth-order valence-corrected chi connectivity index (χ4v) is 0.403. The average molecular weight is 99.1 g/mol. The highest BCUT2D eigenvalue weighted by atomic mass is 15.8. The van der Waals surface area contributed by atoms with E-state index in [9.17, 15) is 0 Å². The lowest BCUT2D eigenvalue weighted by Crippen LogP contribution is -1.75. The first-order chi connectivity index (χ1) is 3.34.